The van der Waals surface area contributed by atoms with Crippen LogP contribution in [0.15, 0.2) is 127 Å². The van der Waals surface area contributed by atoms with Gasteiger partial charge in [0.05, 0.1) is 22.1 Å². The molecule has 0 radical (unpaired) electrons. The Labute approximate surface area is 239 Å². The molecular weight excluding hydrogens is 496 g/mol. The summed E-state index contributed by atoms with van der Waals surface area (Å²) in [6.07, 6.45) is 0. The van der Waals surface area contributed by atoms with Gasteiger partial charge in [-0.15, -0.1) is 0 Å². The van der Waals surface area contributed by atoms with Crippen LogP contribution >= 0.6 is 0 Å². The van der Waals surface area contributed by atoms with E-state index in [1.165, 1.54) is 82.8 Å². The van der Waals surface area contributed by atoms with Crippen molar-refractivity contribution in [2.24, 2.45) is 0 Å². The van der Waals surface area contributed by atoms with Crippen LogP contribution in [0.5, 0.6) is 0 Å². The van der Waals surface area contributed by atoms with Gasteiger partial charge in [-0.2, -0.15) is 0 Å². The summed E-state index contributed by atoms with van der Waals surface area (Å²) in [5, 5.41) is 5.20. The SMILES string of the molecule is Cc1cc2c(cc1-c1c(C)cc3c(c1C)c1ccccc1n3-c1ccccc1)c1ccccc1n2-c1ccccc1. The second kappa shape index (κ2) is 8.97. The minimum Gasteiger partial charge on any atom is -0.309 e. The summed E-state index contributed by atoms with van der Waals surface area (Å²) in [5.41, 5.74) is 13.9. The molecule has 0 spiro atoms. The molecule has 6 aromatic carbocycles. The summed E-state index contributed by atoms with van der Waals surface area (Å²) in [7, 11) is 0. The van der Waals surface area contributed by atoms with Crippen molar-refractivity contribution in [1.29, 1.82) is 0 Å². The van der Waals surface area contributed by atoms with E-state index in [4.69, 9.17) is 0 Å². The van der Waals surface area contributed by atoms with Gasteiger partial charge in [-0.25, -0.2) is 0 Å². The molecule has 2 heterocycles. The molecule has 8 aromatic rings. The summed E-state index contributed by atoms with van der Waals surface area (Å²) in [6, 6.07) is 46.2. The van der Waals surface area contributed by atoms with Crippen molar-refractivity contribution in [2.45, 2.75) is 20.8 Å². The number of aromatic nitrogens is 2. The highest BCUT2D eigenvalue weighted by atomic mass is 15.0. The summed E-state index contributed by atoms with van der Waals surface area (Å²) < 4.78 is 4.82. The first-order chi connectivity index (χ1) is 20.1. The lowest BCUT2D eigenvalue weighted by Gasteiger charge is -2.17. The number of rotatable bonds is 3. The van der Waals surface area contributed by atoms with Gasteiger partial charge in [0.15, 0.2) is 0 Å². The zero-order valence-electron chi connectivity index (χ0n) is 23.5. The Morgan fingerprint density at radius 2 is 0.927 bits per heavy atom. The first-order valence-electron chi connectivity index (χ1n) is 14.3. The molecule has 0 unspecified atom stereocenters. The molecule has 0 saturated carbocycles. The normalized spacial score (nSPS) is 11.8. The Balaban J connectivity index is 1.45. The average molecular weight is 527 g/mol. The van der Waals surface area contributed by atoms with Crippen molar-refractivity contribution in [3.05, 3.63) is 144 Å². The van der Waals surface area contributed by atoms with Crippen molar-refractivity contribution in [2.75, 3.05) is 0 Å². The van der Waals surface area contributed by atoms with Crippen LogP contribution in [0.4, 0.5) is 0 Å². The molecule has 0 saturated heterocycles. The van der Waals surface area contributed by atoms with E-state index in [1.807, 2.05) is 0 Å². The standard InChI is InChI=1S/C39H30N2/c1-25-22-36-33(30-18-10-12-20-34(30)40(36)28-14-6-4-7-15-28)24-32(25)38-26(2)23-37-39(27(38)3)31-19-11-13-21-35(31)41(37)29-16-8-5-9-17-29/h4-24H,1-3H3. The second-order valence-electron chi connectivity index (χ2n) is 11.1. The van der Waals surface area contributed by atoms with E-state index >= 15 is 0 Å². The number of benzene rings is 6. The third-order valence-corrected chi connectivity index (χ3v) is 8.73. The molecule has 0 aliphatic rings. The summed E-state index contributed by atoms with van der Waals surface area (Å²) in [4.78, 5) is 0. The number of nitrogens with zero attached hydrogens (tertiary/aromatic N) is 2. The molecule has 2 nitrogen and oxygen atoms in total. The Bertz CT molecular complexity index is 2270. The smallest absolute Gasteiger partial charge is 0.0546 e. The largest absolute Gasteiger partial charge is 0.309 e. The van der Waals surface area contributed by atoms with Crippen LogP contribution in [-0.4, -0.2) is 9.13 Å². The maximum Gasteiger partial charge on any atom is 0.0546 e. The van der Waals surface area contributed by atoms with E-state index in [-0.39, 0.29) is 0 Å². The number of aryl methyl sites for hydroxylation is 3. The Morgan fingerprint density at radius 3 is 1.59 bits per heavy atom. The number of para-hydroxylation sites is 4. The van der Waals surface area contributed by atoms with Crippen LogP contribution in [0.3, 0.4) is 0 Å². The van der Waals surface area contributed by atoms with E-state index < -0.39 is 0 Å². The van der Waals surface area contributed by atoms with E-state index in [0.717, 1.165) is 0 Å². The van der Waals surface area contributed by atoms with Crippen LogP contribution in [0.2, 0.25) is 0 Å². The third-order valence-electron chi connectivity index (χ3n) is 8.73. The first-order valence-corrected chi connectivity index (χ1v) is 14.3. The van der Waals surface area contributed by atoms with E-state index in [1.54, 1.807) is 0 Å². The molecule has 0 bridgehead atoms. The lowest BCUT2D eigenvalue weighted by atomic mass is 9.89. The molecule has 8 rings (SSSR count). The predicted octanol–water partition coefficient (Wildman–Crippen LogP) is 10.5. The van der Waals surface area contributed by atoms with Crippen LogP contribution < -0.4 is 0 Å². The number of hydrogen-bond acceptors (Lipinski definition) is 0. The lowest BCUT2D eigenvalue weighted by Crippen LogP contribution is -1.97. The predicted molar refractivity (Wildman–Crippen MR) is 175 cm³/mol. The van der Waals surface area contributed by atoms with Gasteiger partial charge in [-0.1, -0.05) is 72.8 Å². The number of fused-ring (bicyclic) bond motifs is 6. The van der Waals surface area contributed by atoms with Crippen molar-refractivity contribution < 1.29 is 0 Å². The molecule has 0 fully saturated rings. The summed E-state index contributed by atoms with van der Waals surface area (Å²) in [5.74, 6) is 0. The molecule has 0 aliphatic heterocycles. The van der Waals surface area contributed by atoms with Gasteiger partial charge in [0.2, 0.25) is 0 Å². The fourth-order valence-electron chi connectivity index (χ4n) is 7.00. The maximum atomic E-state index is 2.43. The average Bonchev–Trinajstić information content (AvgIpc) is 3.50. The minimum atomic E-state index is 1.19. The van der Waals surface area contributed by atoms with Gasteiger partial charge >= 0.3 is 0 Å². The van der Waals surface area contributed by atoms with E-state index in [2.05, 4.69) is 157 Å². The Morgan fingerprint density at radius 1 is 0.415 bits per heavy atom. The fourth-order valence-corrected chi connectivity index (χ4v) is 7.00. The van der Waals surface area contributed by atoms with E-state index in [0.29, 0.717) is 0 Å². The van der Waals surface area contributed by atoms with E-state index in [9.17, 15) is 0 Å². The molecule has 2 aromatic heterocycles. The first kappa shape index (κ1) is 23.8. The van der Waals surface area contributed by atoms with Crippen molar-refractivity contribution in [3.63, 3.8) is 0 Å². The van der Waals surface area contributed by atoms with Crippen molar-refractivity contribution in [1.82, 2.24) is 9.13 Å². The third kappa shape index (κ3) is 3.44. The highest BCUT2D eigenvalue weighted by molar-refractivity contribution is 6.14. The van der Waals surface area contributed by atoms with Crippen LogP contribution in [0.1, 0.15) is 16.7 Å². The Kier molecular flexibility index (Phi) is 5.20. The van der Waals surface area contributed by atoms with Crippen molar-refractivity contribution in [3.8, 4) is 22.5 Å². The fraction of sp³-hybridized carbons (Fsp3) is 0.0769. The van der Waals surface area contributed by atoms with Gasteiger partial charge in [0, 0.05) is 32.9 Å². The van der Waals surface area contributed by atoms with Gasteiger partial charge in [0.1, 0.15) is 0 Å². The maximum absolute atomic E-state index is 2.43. The topological polar surface area (TPSA) is 9.86 Å². The van der Waals surface area contributed by atoms with Crippen LogP contribution in [-0.2, 0) is 0 Å². The van der Waals surface area contributed by atoms with Crippen LogP contribution in [0, 0.1) is 20.8 Å². The zero-order chi connectivity index (χ0) is 27.7. The van der Waals surface area contributed by atoms with Gasteiger partial charge < -0.3 is 9.13 Å². The van der Waals surface area contributed by atoms with Gasteiger partial charge in [-0.3, -0.25) is 0 Å². The highest BCUT2D eigenvalue weighted by Crippen LogP contribution is 2.43. The Hall–Kier alpha value is -5.08. The molecule has 0 amide bonds. The van der Waals surface area contributed by atoms with Gasteiger partial charge in [0.25, 0.3) is 0 Å². The molecule has 2 heteroatoms. The minimum absolute atomic E-state index is 1.19. The summed E-state index contributed by atoms with van der Waals surface area (Å²) in [6.45, 7) is 6.84. The molecule has 0 N–H and O–H groups in total. The summed E-state index contributed by atoms with van der Waals surface area (Å²) >= 11 is 0. The van der Waals surface area contributed by atoms with Gasteiger partial charge in [-0.05, 0) is 103 Å². The van der Waals surface area contributed by atoms with Crippen molar-refractivity contribution >= 4 is 43.6 Å². The lowest BCUT2D eigenvalue weighted by molar-refractivity contribution is 1.17. The monoisotopic (exact) mass is 526 g/mol. The quantitative estimate of drug-likeness (QED) is 0.217. The highest BCUT2D eigenvalue weighted by Gasteiger charge is 2.21. The molecular formula is C39H30N2. The molecule has 41 heavy (non-hydrogen) atoms. The molecule has 0 atom stereocenters. The second-order valence-corrected chi connectivity index (χ2v) is 11.1. The zero-order valence-corrected chi connectivity index (χ0v) is 23.5. The molecule has 0 aliphatic carbocycles. The molecule has 196 valence electrons. The number of hydrogen-bond donors (Lipinski definition) is 0. The van der Waals surface area contributed by atoms with Crippen LogP contribution in [0.25, 0.3) is 66.1 Å².